The maximum Gasteiger partial charge on any atom is 0.220 e. The van der Waals surface area contributed by atoms with Gasteiger partial charge in [-0.2, -0.15) is 0 Å². The highest BCUT2D eigenvalue weighted by molar-refractivity contribution is 5.76. The second-order valence-corrected chi connectivity index (χ2v) is 10.2. The van der Waals surface area contributed by atoms with Crippen molar-refractivity contribution in [2.75, 3.05) is 6.61 Å². The van der Waals surface area contributed by atoms with Gasteiger partial charge in [0.1, 0.15) is 0 Å². The summed E-state index contributed by atoms with van der Waals surface area (Å²) in [6, 6.07) is -0.524. The zero-order valence-corrected chi connectivity index (χ0v) is 22.4. The first-order valence-electron chi connectivity index (χ1n) is 14.7. The van der Waals surface area contributed by atoms with Crippen LogP contribution in [0.1, 0.15) is 162 Å². The van der Waals surface area contributed by atoms with Crippen LogP contribution >= 0.6 is 0 Å². The van der Waals surface area contributed by atoms with Gasteiger partial charge in [0.05, 0.1) is 18.8 Å². The molecule has 0 saturated heterocycles. The van der Waals surface area contributed by atoms with E-state index in [9.17, 15) is 15.0 Å². The summed E-state index contributed by atoms with van der Waals surface area (Å²) < 4.78 is 0. The number of amides is 1. The van der Waals surface area contributed by atoms with Gasteiger partial charge < -0.3 is 15.5 Å². The second kappa shape index (κ2) is 26.0. The fraction of sp³-hybridized carbons (Fsp3) is 0.966. The molecule has 0 radical (unpaired) electrons. The summed E-state index contributed by atoms with van der Waals surface area (Å²) in [4.78, 5) is 12.0. The van der Waals surface area contributed by atoms with Crippen molar-refractivity contribution >= 4 is 5.91 Å². The molecule has 0 saturated carbocycles. The molecule has 0 fully saturated rings. The Morgan fingerprint density at radius 2 is 0.970 bits per heavy atom. The van der Waals surface area contributed by atoms with Gasteiger partial charge in [-0.05, 0) is 12.8 Å². The van der Waals surface area contributed by atoms with Crippen molar-refractivity contribution in [2.24, 2.45) is 0 Å². The summed E-state index contributed by atoms with van der Waals surface area (Å²) in [7, 11) is 0. The summed E-state index contributed by atoms with van der Waals surface area (Å²) in [5.74, 6) is -0.0448. The van der Waals surface area contributed by atoms with E-state index in [4.69, 9.17) is 0 Å². The van der Waals surface area contributed by atoms with Gasteiger partial charge in [0.2, 0.25) is 5.91 Å². The highest BCUT2D eigenvalue weighted by Crippen LogP contribution is 2.15. The number of hydrogen-bond donors (Lipinski definition) is 3. The van der Waals surface area contributed by atoms with Gasteiger partial charge in [0.15, 0.2) is 0 Å². The summed E-state index contributed by atoms with van der Waals surface area (Å²) >= 11 is 0. The van der Waals surface area contributed by atoms with Crippen molar-refractivity contribution in [3.8, 4) is 0 Å². The Bertz CT molecular complexity index is 402. The average Bonchev–Trinajstić information content (AvgIpc) is 2.82. The van der Waals surface area contributed by atoms with Crippen LogP contribution in [-0.4, -0.2) is 34.9 Å². The lowest BCUT2D eigenvalue weighted by Crippen LogP contribution is -2.45. The molecule has 2 atom stereocenters. The number of nitrogens with one attached hydrogen (secondary N) is 1. The van der Waals surface area contributed by atoms with Crippen molar-refractivity contribution in [3.63, 3.8) is 0 Å². The van der Waals surface area contributed by atoms with Gasteiger partial charge in [-0.3, -0.25) is 4.79 Å². The quantitative estimate of drug-likeness (QED) is 0.113. The van der Waals surface area contributed by atoms with E-state index in [2.05, 4.69) is 19.2 Å². The van der Waals surface area contributed by atoms with E-state index in [1.807, 2.05) is 0 Å². The molecule has 3 N–H and O–H groups in total. The molecule has 33 heavy (non-hydrogen) atoms. The van der Waals surface area contributed by atoms with E-state index < -0.39 is 12.1 Å². The van der Waals surface area contributed by atoms with Crippen molar-refractivity contribution in [1.29, 1.82) is 0 Å². The maximum absolute atomic E-state index is 12.0. The zero-order chi connectivity index (χ0) is 24.4. The molecule has 0 aromatic rings. The summed E-state index contributed by atoms with van der Waals surface area (Å²) in [6.45, 7) is 4.26. The van der Waals surface area contributed by atoms with Crippen LogP contribution in [0.3, 0.4) is 0 Å². The summed E-state index contributed by atoms with van der Waals surface area (Å²) in [5.41, 5.74) is 0. The number of aliphatic hydroxyl groups is 2. The third-order valence-corrected chi connectivity index (χ3v) is 6.87. The molecule has 0 spiro atoms. The normalized spacial score (nSPS) is 13.2. The second-order valence-electron chi connectivity index (χ2n) is 10.2. The first kappa shape index (κ1) is 32.4. The molecule has 0 aliphatic rings. The van der Waals surface area contributed by atoms with Crippen LogP contribution in [0.5, 0.6) is 0 Å². The van der Waals surface area contributed by atoms with Gasteiger partial charge in [0.25, 0.3) is 0 Å². The van der Waals surface area contributed by atoms with Gasteiger partial charge >= 0.3 is 0 Å². The highest BCUT2D eigenvalue weighted by atomic mass is 16.3. The molecule has 0 aliphatic heterocycles. The third kappa shape index (κ3) is 22.9. The van der Waals surface area contributed by atoms with Crippen LogP contribution in [0.4, 0.5) is 0 Å². The maximum atomic E-state index is 12.0. The van der Waals surface area contributed by atoms with Gasteiger partial charge in [-0.1, -0.05) is 142 Å². The number of hydrogen-bond acceptors (Lipinski definition) is 3. The molecule has 2 unspecified atom stereocenters. The topological polar surface area (TPSA) is 69.6 Å². The lowest BCUT2D eigenvalue weighted by Gasteiger charge is -2.22. The Balaban J connectivity index is 3.50. The van der Waals surface area contributed by atoms with E-state index >= 15 is 0 Å². The van der Waals surface area contributed by atoms with Crippen LogP contribution < -0.4 is 5.32 Å². The Morgan fingerprint density at radius 3 is 1.36 bits per heavy atom. The van der Waals surface area contributed by atoms with Crippen LogP contribution in [-0.2, 0) is 4.79 Å². The smallest absolute Gasteiger partial charge is 0.220 e. The van der Waals surface area contributed by atoms with Crippen LogP contribution in [0.25, 0.3) is 0 Å². The molecular formula is C29H59NO3. The lowest BCUT2D eigenvalue weighted by molar-refractivity contribution is -0.123. The largest absolute Gasteiger partial charge is 0.394 e. The predicted octanol–water partition coefficient (Wildman–Crippen LogP) is 7.84. The van der Waals surface area contributed by atoms with Crippen LogP contribution in [0.2, 0.25) is 0 Å². The van der Waals surface area contributed by atoms with E-state index in [-0.39, 0.29) is 12.5 Å². The molecule has 0 aromatic heterocycles. The molecular weight excluding hydrogens is 410 g/mol. The third-order valence-electron chi connectivity index (χ3n) is 6.87. The van der Waals surface area contributed by atoms with Gasteiger partial charge in [0, 0.05) is 6.42 Å². The first-order chi connectivity index (χ1) is 16.2. The minimum absolute atomic E-state index is 0.0448. The summed E-state index contributed by atoms with van der Waals surface area (Å²) in [5, 5.41) is 22.7. The fourth-order valence-electron chi connectivity index (χ4n) is 4.53. The zero-order valence-electron chi connectivity index (χ0n) is 22.4. The number of unbranched alkanes of at least 4 members (excludes halogenated alkanes) is 19. The van der Waals surface area contributed by atoms with Crippen molar-refractivity contribution in [3.05, 3.63) is 0 Å². The Hall–Kier alpha value is -0.610. The molecule has 1 amide bonds. The molecule has 198 valence electrons. The standard InChI is InChI=1S/C29H59NO3/c1-3-5-7-9-10-11-12-13-14-15-16-17-18-19-21-22-24-28(32)27(26-31)30-29(33)25-23-20-8-6-4-2/h27-28,31-32H,3-26H2,1-2H3,(H,30,33). The van der Waals surface area contributed by atoms with Crippen molar-refractivity contribution < 1.29 is 15.0 Å². The van der Waals surface area contributed by atoms with Crippen molar-refractivity contribution in [1.82, 2.24) is 5.32 Å². The predicted molar refractivity (Wildman–Crippen MR) is 143 cm³/mol. The number of carbonyl (C=O) groups excluding carboxylic acids is 1. The van der Waals surface area contributed by atoms with Gasteiger partial charge in [-0.25, -0.2) is 0 Å². The van der Waals surface area contributed by atoms with Gasteiger partial charge in [-0.15, -0.1) is 0 Å². The number of rotatable bonds is 26. The minimum Gasteiger partial charge on any atom is -0.394 e. The molecule has 0 bridgehead atoms. The number of carbonyl (C=O) groups is 1. The Kier molecular flexibility index (Phi) is 25.5. The number of aliphatic hydroxyl groups excluding tert-OH is 2. The molecule has 4 heteroatoms. The Morgan fingerprint density at radius 1 is 0.606 bits per heavy atom. The van der Waals surface area contributed by atoms with E-state index in [0.717, 1.165) is 25.7 Å². The summed E-state index contributed by atoms with van der Waals surface area (Å²) in [6.07, 6.45) is 27.4. The van der Waals surface area contributed by atoms with E-state index in [1.54, 1.807) is 0 Å². The minimum atomic E-state index is -0.648. The van der Waals surface area contributed by atoms with Crippen LogP contribution in [0.15, 0.2) is 0 Å². The highest BCUT2D eigenvalue weighted by Gasteiger charge is 2.19. The first-order valence-corrected chi connectivity index (χ1v) is 14.7. The molecule has 0 rings (SSSR count). The lowest BCUT2D eigenvalue weighted by atomic mass is 10.0. The van der Waals surface area contributed by atoms with Crippen molar-refractivity contribution in [2.45, 2.75) is 174 Å². The molecule has 0 heterocycles. The molecule has 0 aromatic carbocycles. The monoisotopic (exact) mass is 469 g/mol. The molecule has 4 nitrogen and oxygen atoms in total. The van der Waals surface area contributed by atoms with Crippen LogP contribution in [0, 0.1) is 0 Å². The van der Waals surface area contributed by atoms with E-state index in [0.29, 0.717) is 12.8 Å². The SMILES string of the molecule is CCCCCCCCCCCCCCCCCCC(O)C(CO)NC(=O)CCCCCCC. The Labute approximate surface area is 206 Å². The van der Waals surface area contributed by atoms with E-state index in [1.165, 1.54) is 109 Å². The average molecular weight is 470 g/mol. The fourth-order valence-corrected chi connectivity index (χ4v) is 4.53. The molecule has 0 aliphatic carbocycles.